The van der Waals surface area contributed by atoms with Crippen LogP contribution in [0.15, 0.2) is 59.0 Å². The summed E-state index contributed by atoms with van der Waals surface area (Å²) in [6, 6.07) is 15.4. The maximum atomic E-state index is 6.18. The van der Waals surface area contributed by atoms with Gasteiger partial charge in [-0.3, -0.25) is 5.43 Å². The molecule has 0 radical (unpaired) electrons. The molecule has 0 fully saturated rings. The Bertz CT molecular complexity index is 844. The molecule has 0 atom stereocenters. The number of anilines is 1. The van der Waals surface area contributed by atoms with Crippen LogP contribution in [0.5, 0.6) is 0 Å². The second-order valence-electron chi connectivity index (χ2n) is 4.84. The fourth-order valence-corrected chi connectivity index (χ4v) is 3.25. The zero-order chi connectivity index (χ0) is 16.2. The van der Waals surface area contributed by atoms with Gasteiger partial charge in [-0.15, -0.1) is 11.3 Å². The Hall–Kier alpha value is -1.88. The molecule has 0 bridgehead atoms. The number of rotatable bonds is 4. The van der Waals surface area contributed by atoms with Crippen LogP contribution in [0, 0.1) is 0 Å². The zero-order valence-corrected chi connectivity index (χ0v) is 14.6. The van der Waals surface area contributed by atoms with Crippen LogP contribution in [0.4, 0.5) is 5.13 Å². The lowest BCUT2D eigenvalue weighted by atomic mass is 10.1. The molecule has 3 aromatic rings. The van der Waals surface area contributed by atoms with Crippen molar-refractivity contribution in [3.05, 3.63) is 69.5 Å². The highest BCUT2D eigenvalue weighted by Gasteiger charge is 2.06. The quantitative estimate of drug-likeness (QED) is 0.460. The molecule has 0 saturated carbocycles. The first-order chi connectivity index (χ1) is 11.1. The fraction of sp³-hybridized carbons (Fsp3) is 0.0588. The third-order valence-corrected chi connectivity index (χ3v) is 4.51. The van der Waals surface area contributed by atoms with E-state index in [2.05, 4.69) is 15.5 Å². The lowest BCUT2D eigenvalue weighted by Crippen LogP contribution is -2.00. The molecule has 0 aliphatic carbocycles. The molecule has 1 aromatic heterocycles. The van der Waals surface area contributed by atoms with Gasteiger partial charge in [-0.05, 0) is 19.1 Å². The summed E-state index contributed by atoms with van der Waals surface area (Å²) < 4.78 is 0. The summed E-state index contributed by atoms with van der Waals surface area (Å²) >= 11 is 13.6. The normalized spacial score (nSPS) is 11.5. The molecule has 1 N–H and O–H groups in total. The van der Waals surface area contributed by atoms with E-state index in [1.165, 1.54) is 11.3 Å². The van der Waals surface area contributed by atoms with E-state index in [1.807, 2.05) is 48.7 Å². The van der Waals surface area contributed by atoms with Crippen LogP contribution in [0.2, 0.25) is 10.0 Å². The van der Waals surface area contributed by atoms with Crippen molar-refractivity contribution in [1.82, 2.24) is 4.98 Å². The minimum Gasteiger partial charge on any atom is -0.252 e. The molecule has 3 rings (SSSR count). The highest BCUT2D eigenvalue weighted by molar-refractivity contribution is 7.14. The monoisotopic (exact) mass is 361 g/mol. The van der Waals surface area contributed by atoms with Crippen LogP contribution in [0.25, 0.3) is 11.3 Å². The van der Waals surface area contributed by atoms with Crippen LogP contribution < -0.4 is 5.43 Å². The van der Waals surface area contributed by atoms with Crippen molar-refractivity contribution in [1.29, 1.82) is 0 Å². The maximum absolute atomic E-state index is 6.18. The van der Waals surface area contributed by atoms with Crippen molar-refractivity contribution in [2.75, 3.05) is 5.43 Å². The number of aromatic nitrogens is 1. The van der Waals surface area contributed by atoms with Gasteiger partial charge in [0, 0.05) is 21.5 Å². The molecule has 116 valence electrons. The molecule has 0 amide bonds. The van der Waals surface area contributed by atoms with Gasteiger partial charge in [-0.25, -0.2) is 4.98 Å². The third-order valence-electron chi connectivity index (χ3n) is 3.21. The van der Waals surface area contributed by atoms with E-state index in [-0.39, 0.29) is 0 Å². The summed E-state index contributed by atoms with van der Waals surface area (Å²) in [7, 11) is 0. The van der Waals surface area contributed by atoms with Gasteiger partial charge in [0.2, 0.25) is 5.13 Å². The number of nitrogens with one attached hydrogen (secondary N) is 1. The van der Waals surface area contributed by atoms with E-state index in [0.29, 0.717) is 10.0 Å². The van der Waals surface area contributed by atoms with E-state index in [4.69, 9.17) is 23.2 Å². The summed E-state index contributed by atoms with van der Waals surface area (Å²) in [5, 5.41) is 8.25. The Morgan fingerprint density at radius 1 is 1.13 bits per heavy atom. The number of hydrogen-bond donors (Lipinski definition) is 1. The highest BCUT2D eigenvalue weighted by Crippen LogP contribution is 2.25. The first-order valence-corrected chi connectivity index (χ1v) is 8.54. The topological polar surface area (TPSA) is 37.3 Å². The fourth-order valence-electron chi connectivity index (χ4n) is 2.04. The molecule has 0 aliphatic rings. The molecule has 0 saturated heterocycles. The van der Waals surface area contributed by atoms with Gasteiger partial charge in [0.1, 0.15) is 0 Å². The summed E-state index contributed by atoms with van der Waals surface area (Å²) in [6.07, 6.45) is 0. The van der Waals surface area contributed by atoms with E-state index in [9.17, 15) is 0 Å². The average molecular weight is 362 g/mol. The Morgan fingerprint density at radius 3 is 2.65 bits per heavy atom. The summed E-state index contributed by atoms with van der Waals surface area (Å²) in [4.78, 5) is 4.53. The zero-order valence-electron chi connectivity index (χ0n) is 12.3. The third kappa shape index (κ3) is 3.91. The Morgan fingerprint density at radius 2 is 1.91 bits per heavy atom. The number of thiazole rings is 1. The molecule has 6 heteroatoms. The van der Waals surface area contributed by atoms with Gasteiger partial charge >= 0.3 is 0 Å². The lowest BCUT2D eigenvalue weighted by Gasteiger charge is -2.04. The second kappa shape index (κ2) is 7.13. The van der Waals surface area contributed by atoms with E-state index < -0.39 is 0 Å². The summed E-state index contributed by atoms with van der Waals surface area (Å²) in [5.41, 5.74) is 6.59. The van der Waals surface area contributed by atoms with Crippen molar-refractivity contribution in [3.63, 3.8) is 0 Å². The van der Waals surface area contributed by atoms with Crippen molar-refractivity contribution in [2.45, 2.75) is 6.92 Å². The van der Waals surface area contributed by atoms with Crippen molar-refractivity contribution in [3.8, 4) is 11.3 Å². The van der Waals surface area contributed by atoms with Crippen molar-refractivity contribution < 1.29 is 0 Å². The van der Waals surface area contributed by atoms with Crippen LogP contribution in [0.1, 0.15) is 12.5 Å². The van der Waals surface area contributed by atoms with Crippen LogP contribution in [-0.4, -0.2) is 10.7 Å². The van der Waals surface area contributed by atoms with E-state index in [1.54, 1.807) is 12.1 Å². The van der Waals surface area contributed by atoms with Gasteiger partial charge in [-0.2, -0.15) is 5.10 Å². The molecule has 0 unspecified atom stereocenters. The number of benzene rings is 2. The summed E-state index contributed by atoms with van der Waals surface area (Å²) in [5.74, 6) is 0. The van der Waals surface area contributed by atoms with E-state index in [0.717, 1.165) is 27.7 Å². The van der Waals surface area contributed by atoms with Gasteiger partial charge in [0.05, 0.1) is 16.4 Å². The number of nitrogens with zero attached hydrogens (tertiary/aromatic N) is 2. The number of hydrazone groups is 1. The molecule has 3 nitrogen and oxygen atoms in total. The molecule has 1 heterocycles. The van der Waals surface area contributed by atoms with E-state index >= 15 is 0 Å². The van der Waals surface area contributed by atoms with Crippen LogP contribution in [-0.2, 0) is 0 Å². The largest absolute Gasteiger partial charge is 0.252 e. The van der Waals surface area contributed by atoms with Gasteiger partial charge in [-0.1, -0.05) is 59.6 Å². The minimum absolute atomic E-state index is 0.574. The van der Waals surface area contributed by atoms with Gasteiger partial charge in [0.25, 0.3) is 0 Å². The standard InChI is InChI=1S/C17H13Cl2N3S/c1-11(14-8-7-13(18)9-15(14)19)21-22-17-20-16(10-23-17)12-5-3-2-4-6-12/h2-10H,1H3,(H,20,22). The predicted molar refractivity (Wildman–Crippen MR) is 99.8 cm³/mol. The second-order valence-corrected chi connectivity index (χ2v) is 6.54. The van der Waals surface area contributed by atoms with Crippen molar-refractivity contribution in [2.24, 2.45) is 5.10 Å². The Labute approximate surface area is 148 Å². The maximum Gasteiger partial charge on any atom is 0.203 e. The Balaban J connectivity index is 1.76. The van der Waals surface area contributed by atoms with Crippen molar-refractivity contribution >= 4 is 45.4 Å². The smallest absolute Gasteiger partial charge is 0.203 e. The predicted octanol–water partition coefficient (Wildman–Crippen LogP) is 5.95. The molecule has 0 aliphatic heterocycles. The first kappa shape index (κ1) is 16.0. The van der Waals surface area contributed by atoms with Crippen LogP contribution >= 0.6 is 34.5 Å². The SMILES string of the molecule is CC(=NNc1nc(-c2ccccc2)cs1)c1ccc(Cl)cc1Cl. The number of halogens is 2. The molecule has 0 spiro atoms. The average Bonchev–Trinajstić information content (AvgIpc) is 3.02. The molecular weight excluding hydrogens is 349 g/mol. The minimum atomic E-state index is 0.574. The van der Waals surface area contributed by atoms with Gasteiger partial charge in [0.15, 0.2) is 0 Å². The van der Waals surface area contributed by atoms with Crippen LogP contribution in [0.3, 0.4) is 0 Å². The molecular formula is C17H13Cl2N3S. The lowest BCUT2D eigenvalue weighted by molar-refractivity contribution is 1.27. The van der Waals surface area contributed by atoms with Gasteiger partial charge < -0.3 is 0 Å². The highest BCUT2D eigenvalue weighted by atomic mass is 35.5. The summed E-state index contributed by atoms with van der Waals surface area (Å²) in [6.45, 7) is 1.88. The first-order valence-electron chi connectivity index (χ1n) is 6.90. The number of hydrogen-bond acceptors (Lipinski definition) is 4. The molecule has 23 heavy (non-hydrogen) atoms. The molecule has 2 aromatic carbocycles. The Kier molecular flexibility index (Phi) is 4.96.